The Kier molecular flexibility index (Phi) is 4.69. The smallest absolute Gasteiger partial charge is 0.273 e. The molecule has 0 fully saturated rings. The first-order valence-corrected chi connectivity index (χ1v) is 5.20. The van der Waals surface area contributed by atoms with Crippen LogP contribution in [0.25, 0.3) is 0 Å². The van der Waals surface area contributed by atoms with Crippen LogP contribution in [0.1, 0.15) is 13.3 Å². The number of ketones is 1. The molecule has 100 valence electrons. The molecule has 0 saturated heterocycles. The fourth-order valence-corrected chi connectivity index (χ4v) is 1.20. The van der Waals surface area contributed by atoms with Crippen molar-refractivity contribution in [1.29, 1.82) is 0 Å². The van der Waals surface area contributed by atoms with E-state index in [1.807, 2.05) is 0 Å². The average molecular weight is 265 g/mol. The van der Waals surface area contributed by atoms with Gasteiger partial charge in [0.05, 0.1) is 23.1 Å². The normalized spacial score (nSPS) is 10.9. The van der Waals surface area contributed by atoms with E-state index in [0.717, 1.165) is 6.07 Å². The molecule has 0 saturated carbocycles. The number of carbonyl (C=O) groups is 2. The van der Waals surface area contributed by atoms with Gasteiger partial charge in [0.1, 0.15) is 17.7 Å². The molecule has 1 aromatic rings. The van der Waals surface area contributed by atoms with Gasteiger partial charge in [-0.3, -0.25) is 20.3 Å². The SMILES string of the molecule is CC(=O)/C(CC=O)=N\Nc1ccc([N+](=O)[O-])cc1O. The summed E-state index contributed by atoms with van der Waals surface area (Å²) >= 11 is 0. The van der Waals surface area contributed by atoms with Gasteiger partial charge < -0.3 is 9.90 Å². The number of nitro benzene ring substituents is 1. The molecule has 2 N–H and O–H groups in total. The fraction of sp³-hybridized carbons (Fsp3) is 0.182. The number of phenolic OH excluding ortho intramolecular Hbond substituents is 1. The lowest BCUT2D eigenvalue weighted by molar-refractivity contribution is -0.384. The minimum atomic E-state index is -0.653. The number of hydrogen-bond acceptors (Lipinski definition) is 7. The van der Waals surface area contributed by atoms with Crippen molar-refractivity contribution in [1.82, 2.24) is 0 Å². The first kappa shape index (κ1) is 14.3. The van der Waals surface area contributed by atoms with Gasteiger partial charge in [0.15, 0.2) is 5.78 Å². The number of hydrogen-bond donors (Lipinski definition) is 2. The van der Waals surface area contributed by atoms with Crippen molar-refractivity contribution in [3.8, 4) is 5.75 Å². The van der Waals surface area contributed by atoms with E-state index in [-0.39, 0.29) is 35.0 Å². The number of benzene rings is 1. The molecule has 0 radical (unpaired) electrons. The number of nitro groups is 1. The Morgan fingerprint density at radius 3 is 2.74 bits per heavy atom. The molecule has 0 amide bonds. The largest absolute Gasteiger partial charge is 0.505 e. The molecule has 0 aliphatic rings. The van der Waals surface area contributed by atoms with Crippen LogP contribution in [0.3, 0.4) is 0 Å². The summed E-state index contributed by atoms with van der Waals surface area (Å²) in [6.07, 6.45) is 0.369. The van der Waals surface area contributed by atoms with Crippen LogP contribution in [-0.4, -0.2) is 27.8 Å². The number of nitrogens with one attached hydrogen (secondary N) is 1. The van der Waals surface area contributed by atoms with E-state index < -0.39 is 4.92 Å². The van der Waals surface area contributed by atoms with Gasteiger partial charge in [-0.25, -0.2) is 0 Å². The number of hydrazone groups is 1. The van der Waals surface area contributed by atoms with E-state index in [1.165, 1.54) is 19.1 Å². The molecule has 8 nitrogen and oxygen atoms in total. The minimum absolute atomic E-state index is 0.00671. The first-order valence-electron chi connectivity index (χ1n) is 5.20. The molecular formula is C11H11N3O5. The van der Waals surface area contributed by atoms with Crippen LogP contribution in [0.5, 0.6) is 5.75 Å². The summed E-state index contributed by atoms with van der Waals surface area (Å²) in [6.45, 7) is 1.25. The lowest BCUT2D eigenvalue weighted by Gasteiger charge is -2.04. The van der Waals surface area contributed by atoms with Gasteiger partial charge in [-0.1, -0.05) is 0 Å². The van der Waals surface area contributed by atoms with Crippen LogP contribution in [0.4, 0.5) is 11.4 Å². The zero-order valence-electron chi connectivity index (χ0n) is 9.99. The molecule has 0 bridgehead atoms. The van der Waals surface area contributed by atoms with Crippen molar-refractivity contribution in [2.75, 3.05) is 5.43 Å². The number of phenols is 1. The van der Waals surface area contributed by atoms with Crippen molar-refractivity contribution >= 4 is 29.2 Å². The highest BCUT2D eigenvalue weighted by molar-refractivity contribution is 6.41. The van der Waals surface area contributed by atoms with Crippen molar-refractivity contribution < 1.29 is 19.6 Å². The number of non-ortho nitro benzene ring substituents is 1. The zero-order valence-corrected chi connectivity index (χ0v) is 9.99. The second-order valence-electron chi connectivity index (χ2n) is 3.56. The van der Waals surface area contributed by atoms with Crippen molar-refractivity contribution in [3.63, 3.8) is 0 Å². The third-order valence-electron chi connectivity index (χ3n) is 2.19. The van der Waals surface area contributed by atoms with E-state index in [9.17, 15) is 24.8 Å². The Morgan fingerprint density at radius 2 is 2.26 bits per heavy atom. The van der Waals surface area contributed by atoms with Gasteiger partial charge in [0.25, 0.3) is 5.69 Å². The van der Waals surface area contributed by atoms with Crippen molar-refractivity contribution in [2.45, 2.75) is 13.3 Å². The van der Waals surface area contributed by atoms with E-state index in [4.69, 9.17) is 0 Å². The number of rotatable bonds is 6. The molecule has 1 rings (SSSR count). The molecule has 1 aromatic carbocycles. The quantitative estimate of drug-likeness (QED) is 0.262. The van der Waals surface area contributed by atoms with Crippen LogP contribution in [0, 0.1) is 10.1 Å². The van der Waals surface area contributed by atoms with Crippen LogP contribution in [-0.2, 0) is 9.59 Å². The number of nitrogens with zero attached hydrogens (tertiary/aromatic N) is 2. The maximum Gasteiger partial charge on any atom is 0.273 e. The molecular weight excluding hydrogens is 254 g/mol. The van der Waals surface area contributed by atoms with Crippen molar-refractivity contribution in [3.05, 3.63) is 28.3 Å². The van der Waals surface area contributed by atoms with E-state index in [2.05, 4.69) is 10.5 Å². The monoisotopic (exact) mass is 265 g/mol. The molecule has 8 heteroatoms. The first-order chi connectivity index (χ1) is 8.95. The Balaban J connectivity index is 2.93. The Morgan fingerprint density at radius 1 is 1.58 bits per heavy atom. The predicted molar refractivity (Wildman–Crippen MR) is 67.2 cm³/mol. The molecule has 0 aliphatic carbocycles. The van der Waals surface area contributed by atoms with Crippen LogP contribution in [0.15, 0.2) is 23.3 Å². The highest BCUT2D eigenvalue weighted by Crippen LogP contribution is 2.27. The molecule has 0 heterocycles. The number of aldehydes is 1. The molecule has 0 atom stereocenters. The minimum Gasteiger partial charge on any atom is -0.505 e. The predicted octanol–water partition coefficient (Wildman–Crippen LogP) is 1.25. The molecule has 0 aliphatic heterocycles. The molecule has 0 aromatic heterocycles. The van der Waals surface area contributed by atoms with Gasteiger partial charge in [0, 0.05) is 13.0 Å². The van der Waals surface area contributed by atoms with Gasteiger partial charge in [-0.15, -0.1) is 0 Å². The van der Waals surface area contributed by atoms with E-state index in [1.54, 1.807) is 0 Å². The number of aromatic hydroxyl groups is 1. The Hall–Kier alpha value is -2.77. The highest BCUT2D eigenvalue weighted by atomic mass is 16.6. The average Bonchev–Trinajstić information content (AvgIpc) is 2.35. The number of carbonyl (C=O) groups excluding carboxylic acids is 2. The number of anilines is 1. The highest BCUT2D eigenvalue weighted by Gasteiger charge is 2.10. The maximum absolute atomic E-state index is 11.1. The molecule has 0 spiro atoms. The second-order valence-corrected chi connectivity index (χ2v) is 3.56. The summed E-state index contributed by atoms with van der Waals surface area (Å²) in [5.41, 5.74) is 2.20. The summed E-state index contributed by atoms with van der Waals surface area (Å²) in [6, 6.07) is 3.37. The summed E-state index contributed by atoms with van der Waals surface area (Å²) < 4.78 is 0. The lowest BCUT2D eigenvalue weighted by atomic mass is 10.2. The van der Waals surface area contributed by atoms with Crippen LogP contribution < -0.4 is 5.43 Å². The van der Waals surface area contributed by atoms with Gasteiger partial charge in [0.2, 0.25) is 0 Å². The Bertz CT molecular complexity index is 553. The third kappa shape index (κ3) is 3.87. The van der Waals surface area contributed by atoms with Gasteiger partial charge in [-0.05, 0) is 6.07 Å². The van der Waals surface area contributed by atoms with Gasteiger partial charge >= 0.3 is 0 Å². The maximum atomic E-state index is 11.1. The zero-order chi connectivity index (χ0) is 14.4. The third-order valence-corrected chi connectivity index (χ3v) is 2.19. The van der Waals surface area contributed by atoms with Crippen LogP contribution in [0.2, 0.25) is 0 Å². The fourth-order valence-electron chi connectivity index (χ4n) is 1.20. The molecule has 19 heavy (non-hydrogen) atoms. The molecule has 0 unspecified atom stereocenters. The van der Waals surface area contributed by atoms with Crippen LogP contribution >= 0.6 is 0 Å². The van der Waals surface area contributed by atoms with Gasteiger partial charge in [-0.2, -0.15) is 5.10 Å². The summed E-state index contributed by atoms with van der Waals surface area (Å²) in [5.74, 6) is -0.770. The standard InChI is InChI=1S/C11H11N3O5/c1-7(16)9(4-5-15)12-13-10-3-2-8(14(18)19)6-11(10)17/h2-3,5-6,13,17H,4H2,1H3/b12-9-. The summed E-state index contributed by atoms with van der Waals surface area (Å²) in [5, 5.41) is 23.7. The van der Waals surface area contributed by atoms with E-state index in [0.29, 0.717) is 6.29 Å². The summed E-state index contributed by atoms with van der Waals surface area (Å²) in [4.78, 5) is 31.2. The lowest BCUT2D eigenvalue weighted by Crippen LogP contribution is -2.12. The van der Waals surface area contributed by atoms with Crippen molar-refractivity contribution in [2.24, 2.45) is 5.10 Å². The second kappa shape index (κ2) is 6.24. The summed E-state index contributed by atoms with van der Waals surface area (Å²) in [7, 11) is 0. The number of Topliss-reactive ketones (excluding diaryl/α,β-unsaturated/α-hetero) is 1. The Labute approximate surface area is 107 Å². The van der Waals surface area contributed by atoms with E-state index >= 15 is 0 Å². The topological polar surface area (TPSA) is 122 Å².